The van der Waals surface area contributed by atoms with E-state index in [2.05, 4.69) is 35.6 Å². The summed E-state index contributed by atoms with van der Waals surface area (Å²) in [5.74, 6) is 0. The van der Waals surface area contributed by atoms with Crippen LogP contribution in [-0.2, 0) is 13.0 Å². The average Bonchev–Trinajstić information content (AvgIpc) is 2.52. The van der Waals surface area contributed by atoms with Gasteiger partial charge in [-0.05, 0) is 24.1 Å². The van der Waals surface area contributed by atoms with Crippen molar-refractivity contribution in [1.82, 2.24) is 0 Å². The van der Waals surface area contributed by atoms with Crippen molar-refractivity contribution < 1.29 is 9.73 Å². The Morgan fingerprint density at radius 2 is 1.86 bits per heavy atom. The van der Waals surface area contributed by atoms with Crippen molar-refractivity contribution >= 4 is 11.0 Å². The van der Waals surface area contributed by atoms with Crippen LogP contribution in [0.2, 0.25) is 0 Å². The van der Waals surface area contributed by atoms with E-state index in [-0.39, 0.29) is 5.63 Å². The molecule has 0 spiro atoms. The third kappa shape index (κ3) is 3.43. The van der Waals surface area contributed by atoms with Gasteiger partial charge in [-0.15, -0.1) is 0 Å². The van der Waals surface area contributed by atoms with E-state index in [1.165, 1.54) is 5.56 Å². The van der Waals surface area contributed by atoms with Crippen LogP contribution in [0.25, 0.3) is 11.0 Å². The zero-order valence-corrected chi connectivity index (χ0v) is 12.7. The van der Waals surface area contributed by atoms with Crippen LogP contribution >= 0.6 is 0 Å². The zero-order chi connectivity index (χ0) is 15.4. The second-order valence-corrected chi connectivity index (χ2v) is 5.61. The van der Waals surface area contributed by atoms with E-state index < -0.39 is 0 Å². The monoisotopic (exact) mass is 294 g/mol. The molecule has 0 bridgehead atoms. The van der Waals surface area contributed by atoms with E-state index >= 15 is 0 Å². The molecule has 1 heterocycles. The third-order valence-electron chi connectivity index (χ3n) is 3.83. The third-order valence-corrected chi connectivity index (χ3v) is 3.83. The number of fused-ring (bicyclic) bond motifs is 1. The van der Waals surface area contributed by atoms with Crippen LogP contribution in [0.1, 0.15) is 16.7 Å². The average molecular weight is 294 g/mol. The van der Waals surface area contributed by atoms with Crippen LogP contribution in [0.15, 0.2) is 63.8 Å². The highest BCUT2D eigenvalue weighted by Crippen LogP contribution is 2.17. The van der Waals surface area contributed by atoms with Gasteiger partial charge in [-0.2, -0.15) is 0 Å². The Bertz CT molecular complexity index is 822. The fraction of sp³-hybridized carbons (Fsp3) is 0.211. The first kappa shape index (κ1) is 14.5. The van der Waals surface area contributed by atoms with E-state index in [9.17, 15) is 4.79 Å². The van der Waals surface area contributed by atoms with Crippen molar-refractivity contribution in [2.24, 2.45) is 0 Å². The molecular formula is C19H20NO2+. The number of nitrogens with two attached hydrogens (primary N) is 1. The molecule has 3 rings (SSSR count). The van der Waals surface area contributed by atoms with Gasteiger partial charge < -0.3 is 9.73 Å². The highest BCUT2D eigenvalue weighted by atomic mass is 16.4. The molecule has 1 aromatic heterocycles. The number of hydrogen-bond donors (Lipinski definition) is 1. The summed E-state index contributed by atoms with van der Waals surface area (Å²) in [6, 6.07) is 18.1. The molecule has 3 aromatic rings. The molecule has 0 atom stereocenters. The number of hydrogen-bond acceptors (Lipinski definition) is 2. The van der Waals surface area contributed by atoms with Gasteiger partial charge >= 0.3 is 5.63 Å². The van der Waals surface area contributed by atoms with Gasteiger partial charge in [0.25, 0.3) is 0 Å². The van der Waals surface area contributed by atoms with E-state index in [0.717, 1.165) is 36.0 Å². The predicted octanol–water partition coefficient (Wildman–Crippen LogP) is 2.41. The standard InChI is InChI=1S/C19H19NO2/c1-14-7-8-17-16(12-19(21)22-18(17)11-14)13-20-10-9-15-5-3-2-4-6-15/h2-8,11-12,20H,9-10,13H2,1H3/p+1. The highest BCUT2D eigenvalue weighted by molar-refractivity contribution is 5.80. The lowest BCUT2D eigenvalue weighted by Crippen LogP contribution is -2.83. The molecule has 0 fully saturated rings. The van der Waals surface area contributed by atoms with Gasteiger partial charge in [0.2, 0.25) is 0 Å². The van der Waals surface area contributed by atoms with Gasteiger partial charge in [0.1, 0.15) is 12.1 Å². The Morgan fingerprint density at radius 1 is 1.05 bits per heavy atom. The first-order chi connectivity index (χ1) is 10.7. The van der Waals surface area contributed by atoms with Crippen LogP contribution in [-0.4, -0.2) is 6.54 Å². The molecule has 22 heavy (non-hydrogen) atoms. The van der Waals surface area contributed by atoms with E-state index in [1.54, 1.807) is 6.07 Å². The summed E-state index contributed by atoms with van der Waals surface area (Å²) in [5.41, 5.74) is 3.88. The fourth-order valence-electron chi connectivity index (χ4n) is 2.68. The van der Waals surface area contributed by atoms with Crippen molar-refractivity contribution in [3.05, 3.63) is 81.7 Å². The van der Waals surface area contributed by atoms with Gasteiger partial charge in [0.15, 0.2) is 0 Å². The lowest BCUT2D eigenvalue weighted by molar-refractivity contribution is -0.670. The molecule has 2 aromatic carbocycles. The number of aryl methyl sites for hydroxylation is 1. The molecule has 3 nitrogen and oxygen atoms in total. The Labute approximate surface area is 129 Å². The molecule has 0 unspecified atom stereocenters. The first-order valence-electron chi connectivity index (χ1n) is 7.61. The number of benzene rings is 2. The summed E-state index contributed by atoms with van der Waals surface area (Å²) >= 11 is 0. The fourth-order valence-corrected chi connectivity index (χ4v) is 2.68. The summed E-state index contributed by atoms with van der Waals surface area (Å²) in [7, 11) is 0. The normalized spacial score (nSPS) is 11.0. The van der Waals surface area contributed by atoms with Gasteiger partial charge in [-0.25, -0.2) is 4.79 Å². The number of quaternary nitrogens is 1. The molecule has 0 aliphatic carbocycles. The maximum atomic E-state index is 11.7. The van der Waals surface area contributed by atoms with Crippen LogP contribution in [0.5, 0.6) is 0 Å². The van der Waals surface area contributed by atoms with Crippen LogP contribution in [0, 0.1) is 6.92 Å². The zero-order valence-electron chi connectivity index (χ0n) is 12.7. The molecule has 0 amide bonds. The Kier molecular flexibility index (Phi) is 4.35. The molecular weight excluding hydrogens is 274 g/mol. The minimum absolute atomic E-state index is 0.274. The largest absolute Gasteiger partial charge is 0.423 e. The molecule has 0 saturated carbocycles. The van der Waals surface area contributed by atoms with Crippen molar-refractivity contribution in [2.75, 3.05) is 6.54 Å². The molecule has 112 valence electrons. The topological polar surface area (TPSA) is 46.8 Å². The van der Waals surface area contributed by atoms with Crippen molar-refractivity contribution in [2.45, 2.75) is 19.9 Å². The summed E-state index contributed by atoms with van der Waals surface area (Å²) in [4.78, 5) is 11.7. The van der Waals surface area contributed by atoms with E-state index in [0.29, 0.717) is 5.58 Å². The SMILES string of the molecule is Cc1ccc2c(C[NH2+]CCc3ccccc3)cc(=O)oc2c1. The van der Waals surface area contributed by atoms with Crippen molar-refractivity contribution in [1.29, 1.82) is 0 Å². The van der Waals surface area contributed by atoms with E-state index in [4.69, 9.17) is 4.42 Å². The van der Waals surface area contributed by atoms with Gasteiger partial charge in [0.05, 0.1) is 6.54 Å². The smallest absolute Gasteiger partial charge is 0.336 e. The molecule has 0 saturated heterocycles. The molecule has 0 aliphatic heterocycles. The summed E-state index contributed by atoms with van der Waals surface area (Å²) < 4.78 is 5.29. The maximum Gasteiger partial charge on any atom is 0.336 e. The minimum atomic E-state index is -0.274. The van der Waals surface area contributed by atoms with Gasteiger partial charge in [0, 0.05) is 23.4 Å². The molecule has 0 radical (unpaired) electrons. The van der Waals surface area contributed by atoms with Crippen molar-refractivity contribution in [3.63, 3.8) is 0 Å². The molecule has 0 aliphatic rings. The predicted molar refractivity (Wildman–Crippen MR) is 87.9 cm³/mol. The Hall–Kier alpha value is -2.39. The van der Waals surface area contributed by atoms with Crippen molar-refractivity contribution in [3.8, 4) is 0 Å². The van der Waals surface area contributed by atoms with Crippen LogP contribution in [0.3, 0.4) is 0 Å². The van der Waals surface area contributed by atoms with Crippen LogP contribution < -0.4 is 10.9 Å². The summed E-state index contributed by atoms with van der Waals surface area (Å²) in [5, 5.41) is 3.27. The summed E-state index contributed by atoms with van der Waals surface area (Å²) in [6.07, 6.45) is 1.03. The lowest BCUT2D eigenvalue weighted by Gasteiger charge is -2.06. The minimum Gasteiger partial charge on any atom is -0.423 e. The van der Waals surface area contributed by atoms with Gasteiger partial charge in [-0.3, -0.25) is 0 Å². The van der Waals surface area contributed by atoms with E-state index in [1.807, 2.05) is 25.1 Å². The van der Waals surface area contributed by atoms with Gasteiger partial charge in [-0.1, -0.05) is 42.5 Å². The van der Waals surface area contributed by atoms with Crippen LogP contribution in [0.4, 0.5) is 0 Å². The molecule has 3 heteroatoms. The quantitative estimate of drug-likeness (QED) is 0.580. The Balaban J connectivity index is 1.70. The second-order valence-electron chi connectivity index (χ2n) is 5.61. The first-order valence-corrected chi connectivity index (χ1v) is 7.61. The number of rotatable bonds is 5. The summed E-state index contributed by atoms with van der Waals surface area (Å²) in [6.45, 7) is 3.79. The maximum absolute atomic E-state index is 11.7. The lowest BCUT2D eigenvalue weighted by atomic mass is 10.1. The second kappa shape index (κ2) is 6.58. The molecule has 2 N–H and O–H groups in total. The Morgan fingerprint density at radius 3 is 2.68 bits per heavy atom. The highest BCUT2D eigenvalue weighted by Gasteiger charge is 2.07.